The number of phenols is 1. The third kappa shape index (κ3) is 3.87. The number of phenolic OH excluding ortho intramolecular Hbond substituents is 1. The lowest BCUT2D eigenvalue weighted by molar-refractivity contribution is 0.230. The van der Waals surface area contributed by atoms with Gasteiger partial charge in [-0.15, -0.1) is 0 Å². The van der Waals surface area contributed by atoms with Crippen molar-refractivity contribution in [3.8, 4) is 5.75 Å². The van der Waals surface area contributed by atoms with Crippen molar-refractivity contribution in [1.82, 2.24) is 0 Å². The average molecular weight is 419 g/mol. The first kappa shape index (κ1) is 12.5. The largest absolute Gasteiger partial charge is 0.508 e. The Morgan fingerprint density at radius 2 is 1.79 bits per heavy atom. The van der Waals surface area contributed by atoms with Crippen LogP contribution in [-0.4, -0.2) is 17.9 Å². The SMILES string of the molecule is N[C@@H](Cc1ccc(O)cc1)C(O)(I)I. The lowest BCUT2D eigenvalue weighted by atomic mass is 10.1. The van der Waals surface area contributed by atoms with Crippen molar-refractivity contribution in [2.45, 2.75) is 14.1 Å². The minimum absolute atomic E-state index is 0.238. The highest BCUT2D eigenvalue weighted by molar-refractivity contribution is 14.2. The number of aromatic hydroxyl groups is 1. The molecule has 1 atom stereocenters. The summed E-state index contributed by atoms with van der Waals surface area (Å²) in [4.78, 5) is 0. The van der Waals surface area contributed by atoms with Gasteiger partial charge in [-0.05, 0) is 69.3 Å². The van der Waals surface area contributed by atoms with Gasteiger partial charge in [-0.25, -0.2) is 0 Å². The lowest BCUT2D eigenvalue weighted by Crippen LogP contribution is -2.39. The van der Waals surface area contributed by atoms with Crippen LogP contribution in [0.15, 0.2) is 24.3 Å². The van der Waals surface area contributed by atoms with Gasteiger partial charge < -0.3 is 15.9 Å². The van der Waals surface area contributed by atoms with Crippen molar-refractivity contribution in [1.29, 1.82) is 0 Å². The normalized spacial score (nSPS) is 14.0. The molecule has 0 saturated heterocycles. The first-order chi connectivity index (χ1) is 6.39. The molecule has 1 aromatic rings. The Balaban J connectivity index is 2.65. The van der Waals surface area contributed by atoms with Gasteiger partial charge in [0.25, 0.3) is 0 Å². The van der Waals surface area contributed by atoms with E-state index in [4.69, 9.17) is 10.8 Å². The summed E-state index contributed by atoms with van der Waals surface area (Å²) in [6.07, 6.45) is 0.586. The van der Waals surface area contributed by atoms with E-state index >= 15 is 0 Å². The Bertz CT molecular complexity index is 295. The predicted molar refractivity (Wildman–Crippen MR) is 72.8 cm³/mol. The molecule has 0 radical (unpaired) electrons. The molecule has 14 heavy (non-hydrogen) atoms. The molecular formula is C9H11I2NO2. The highest BCUT2D eigenvalue weighted by Gasteiger charge is 2.27. The Hall–Kier alpha value is 0.400. The van der Waals surface area contributed by atoms with E-state index in [0.717, 1.165) is 5.56 Å². The molecule has 0 aliphatic carbocycles. The molecule has 0 saturated carbocycles. The molecule has 0 heterocycles. The smallest absolute Gasteiger partial charge is 0.182 e. The molecule has 0 aromatic heterocycles. The maximum absolute atomic E-state index is 9.60. The standard InChI is InChI=1S/C9H11I2NO2/c10-9(11,14)8(12)5-6-1-3-7(13)4-2-6/h1-4,8,13-14H,5,12H2/t8-/m0/s1. The van der Waals surface area contributed by atoms with Crippen LogP contribution < -0.4 is 5.73 Å². The number of rotatable bonds is 3. The maximum Gasteiger partial charge on any atom is 0.182 e. The van der Waals surface area contributed by atoms with E-state index < -0.39 is 1.61 Å². The van der Waals surface area contributed by atoms with Crippen molar-refractivity contribution in [3.63, 3.8) is 0 Å². The average Bonchev–Trinajstić information content (AvgIpc) is 2.07. The number of alkyl halides is 2. The van der Waals surface area contributed by atoms with E-state index in [-0.39, 0.29) is 11.8 Å². The Kier molecular flexibility index (Phi) is 4.41. The minimum atomic E-state index is -0.937. The van der Waals surface area contributed by atoms with Crippen LogP contribution in [0.1, 0.15) is 5.56 Å². The van der Waals surface area contributed by atoms with Crippen molar-refractivity contribution in [2.75, 3.05) is 0 Å². The third-order valence-electron chi connectivity index (χ3n) is 1.84. The fourth-order valence-corrected chi connectivity index (χ4v) is 1.45. The molecule has 4 N–H and O–H groups in total. The molecule has 0 aliphatic heterocycles. The monoisotopic (exact) mass is 419 g/mol. The van der Waals surface area contributed by atoms with Crippen LogP contribution in [0.5, 0.6) is 5.75 Å². The summed E-state index contributed by atoms with van der Waals surface area (Å²) >= 11 is 3.81. The van der Waals surface area contributed by atoms with Crippen LogP contribution in [-0.2, 0) is 6.42 Å². The van der Waals surface area contributed by atoms with Gasteiger partial charge in [-0.3, -0.25) is 0 Å². The van der Waals surface area contributed by atoms with Crippen LogP contribution in [0.3, 0.4) is 0 Å². The molecular weight excluding hydrogens is 408 g/mol. The quantitative estimate of drug-likeness (QED) is 0.517. The molecule has 78 valence electrons. The molecule has 5 heteroatoms. The Morgan fingerprint density at radius 1 is 1.29 bits per heavy atom. The molecule has 0 aliphatic rings. The first-order valence-electron chi connectivity index (χ1n) is 4.03. The molecule has 0 bridgehead atoms. The summed E-state index contributed by atoms with van der Waals surface area (Å²) in [5.41, 5.74) is 6.80. The van der Waals surface area contributed by atoms with E-state index in [1.165, 1.54) is 0 Å². The summed E-state index contributed by atoms with van der Waals surface area (Å²) in [6, 6.07) is 6.50. The van der Waals surface area contributed by atoms with Crippen molar-refractivity contribution >= 4 is 45.2 Å². The molecule has 0 unspecified atom stereocenters. The number of aliphatic hydroxyl groups is 1. The topological polar surface area (TPSA) is 66.5 Å². The second-order valence-corrected chi connectivity index (χ2v) is 8.42. The zero-order chi connectivity index (χ0) is 10.8. The molecule has 1 rings (SSSR count). The van der Waals surface area contributed by atoms with Gasteiger partial charge >= 0.3 is 0 Å². The molecule has 0 fully saturated rings. The van der Waals surface area contributed by atoms with Crippen LogP contribution in [0, 0.1) is 0 Å². The highest BCUT2D eigenvalue weighted by atomic mass is 127. The number of halogens is 2. The third-order valence-corrected chi connectivity index (χ3v) is 3.44. The lowest BCUT2D eigenvalue weighted by Gasteiger charge is -2.21. The van der Waals surface area contributed by atoms with Crippen molar-refractivity contribution in [3.05, 3.63) is 29.8 Å². The van der Waals surface area contributed by atoms with E-state index in [1.807, 2.05) is 45.2 Å². The number of nitrogens with two attached hydrogens (primary N) is 1. The second kappa shape index (κ2) is 4.95. The fourth-order valence-electron chi connectivity index (χ4n) is 1.01. The predicted octanol–water partition coefficient (Wildman–Crippen LogP) is 1.78. The van der Waals surface area contributed by atoms with Crippen LogP contribution in [0.2, 0.25) is 0 Å². The number of hydrogen-bond donors (Lipinski definition) is 3. The van der Waals surface area contributed by atoms with Crippen molar-refractivity contribution in [2.24, 2.45) is 5.73 Å². The van der Waals surface area contributed by atoms with Gasteiger partial charge in [0.05, 0.1) is 6.04 Å². The first-order valence-corrected chi connectivity index (χ1v) is 6.19. The summed E-state index contributed by atoms with van der Waals surface area (Å²) in [5, 5.41) is 18.7. The number of benzene rings is 1. The van der Waals surface area contributed by atoms with E-state index in [9.17, 15) is 5.11 Å². The summed E-state index contributed by atoms with van der Waals surface area (Å²) in [7, 11) is 0. The van der Waals surface area contributed by atoms with Gasteiger partial charge in [-0.1, -0.05) is 12.1 Å². The molecule has 0 spiro atoms. The van der Waals surface area contributed by atoms with Gasteiger partial charge in [0.15, 0.2) is 1.61 Å². The van der Waals surface area contributed by atoms with Gasteiger partial charge in [0.1, 0.15) is 5.75 Å². The van der Waals surface area contributed by atoms with Crippen molar-refractivity contribution < 1.29 is 10.2 Å². The molecule has 1 aromatic carbocycles. The highest BCUT2D eigenvalue weighted by Crippen LogP contribution is 2.28. The van der Waals surface area contributed by atoms with Crippen LogP contribution in [0.25, 0.3) is 0 Å². The summed E-state index contributed by atoms with van der Waals surface area (Å²) in [5.74, 6) is 0.238. The van der Waals surface area contributed by atoms with Crippen LogP contribution >= 0.6 is 45.2 Å². The van der Waals surface area contributed by atoms with Gasteiger partial charge in [0, 0.05) is 0 Å². The second-order valence-electron chi connectivity index (χ2n) is 3.06. The van der Waals surface area contributed by atoms with Gasteiger partial charge in [0.2, 0.25) is 0 Å². The fraction of sp³-hybridized carbons (Fsp3) is 0.333. The zero-order valence-electron chi connectivity index (χ0n) is 7.32. The van der Waals surface area contributed by atoms with E-state index in [1.54, 1.807) is 24.3 Å². The maximum atomic E-state index is 9.60. The summed E-state index contributed by atoms with van der Waals surface area (Å²) < 4.78 is -0.937. The molecule has 0 amide bonds. The van der Waals surface area contributed by atoms with E-state index in [0.29, 0.717) is 6.42 Å². The summed E-state index contributed by atoms with van der Waals surface area (Å²) in [6.45, 7) is 0. The van der Waals surface area contributed by atoms with Gasteiger partial charge in [-0.2, -0.15) is 0 Å². The minimum Gasteiger partial charge on any atom is -0.508 e. The Morgan fingerprint density at radius 3 is 2.21 bits per heavy atom. The zero-order valence-corrected chi connectivity index (χ0v) is 11.6. The molecule has 3 nitrogen and oxygen atoms in total. The number of hydrogen-bond acceptors (Lipinski definition) is 3. The Labute approximate surface area is 110 Å². The van der Waals surface area contributed by atoms with Crippen LogP contribution in [0.4, 0.5) is 0 Å². The van der Waals surface area contributed by atoms with E-state index in [2.05, 4.69) is 0 Å².